The number of benzene rings is 2. The van der Waals surface area contributed by atoms with Gasteiger partial charge in [0.1, 0.15) is 12.1 Å². The van der Waals surface area contributed by atoms with E-state index in [9.17, 15) is 18.0 Å². The number of alkyl halides is 3. The smallest absolute Gasteiger partial charge is 0.405 e. The van der Waals surface area contributed by atoms with Crippen molar-refractivity contribution in [1.82, 2.24) is 19.9 Å². The predicted molar refractivity (Wildman–Crippen MR) is 129 cm³/mol. The summed E-state index contributed by atoms with van der Waals surface area (Å²) >= 11 is 0. The highest BCUT2D eigenvalue weighted by Gasteiger charge is 2.32. The minimum atomic E-state index is -4.73. The van der Waals surface area contributed by atoms with Crippen molar-refractivity contribution in [3.05, 3.63) is 59.9 Å². The monoisotopic (exact) mass is 501 g/mol. The van der Waals surface area contributed by atoms with Crippen LogP contribution in [-0.4, -0.2) is 58.3 Å². The summed E-state index contributed by atoms with van der Waals surface area (Å²) in [7, 11) is 0. The van der Waals surface area contributed by atoms with Crippen molar-refractivity contribution < 1.29 is 22.7 Å². The summed E-state index contributed by atoms with van der Waals surface area (Å²) in [5, 5.41) is 5.96. The summed E-state index contributed by atoms with van der Waals surface area (Å²) in [5.41, 5.74) is 2.77. The number of nitrogens with zero attached hydrogens (tertiary/aromatic N) is 5. The molecule has 0 saturated carbocycles. The summed E-state index contributed by atoms with van der Waals surface area (Å²) in [6.45, 7) is 6.11. The quantitative estimate of drug-likeness (QED) is 0.500. The lowest BCUT2D eigenvalue weighted by Gasteiger charge is -2.35. The zero-order valence-electron chi connectivity index (χ0n) is 19.8. The van der Waals surface area contributed by atoms with E-state index in [1.807, 2.05) is 30.0 Å². The third-order valence-corrected chi connectivity index (χ3v) is 5.70. The number of hydrogen-bond acceptors (Lipinski definition) is 8. The maximum atomic E-state index is 12.7. The predicted octanol–water partition coefficient (Wildman–Crippen LogP) is 4.10. The molecule has 36 heavy (non-hydrogen) atoms. The number of nitrogens with one attached hydrogen (secondary N) is 2. The van der Waals surface area contributed by atoms with Gasteiger partial charge in [-0.05, 0) is 30.7 Å². The van der Waals surface area contributed by atoms with Gasteiger partial charge < -0.3 is 20.3 Å². The van der Waals surface area contributed by atoms with Gasteiger partial charge in [-0.15, -0.1) is 13.2 Å². The van der Waals surface area contributed by atoms with Crippen LogP contribution in [0.3, 0.4) is 0 Å². The highest BCUT2D eigenvalue weighted by atomic mass is 19.4. The van der Waals surface area contributed by atoms with Crippen molar-refractivity contribution >= 4 is 29.2 Å². The minimum Gasteiger partial charge on any atom is -0.405 e. The molecule has 4 rings (SSSR count). The Morgan fingerprint density at radius 3 is 2.47 bits per heavy atom. The van der Waals surface area contributed by atoms with Crippen molar-refractivity contribution in [2.24, 2.45) is 0 Å². The van der Waals surface area contributed by atoms with E-state index in [4.69, 9.17) is 0 Å². The van der Waals surface area contributed by atoms with Crippen LogP contribution < -0.4 is 20.3 Å². The summed E-state index contributed by atoms with van der Waals surface area (Å²) in [6, 6.07) is 11.7. The number of rotatable bonds is 7. The zero-order chi connectivity index (χ0) is 25.7. The van der Waals surface area contributed by atoms with Gasteiger partial charge in [0.2, 0.25) is 17.8 Å². The molecule has 1 aliphatic heterocycles. The maximum Gasteiger partial charge on any atom is 0.573 e. The fraction of sp³-hybridized carbons (Fsp3) is 0.333. The van der Waals surface area contributed by atoms with Crippen molar-refractivity contribution in [2.45, 2.75) is 26.8 Å². The SMILES string of the molecule is CC(=O)Nc1cccc(Nc2ncnc(N3CCN(Cc4ccccc4OC(F)(F)F)CC3)n2)c1C. The first-order valence-corrected chi connectivity index (χ1v) is 11.3. The average molecular weight is 502 g/mol. The molecule has 3 aromatic rings. The minimum absolute atomic E-state index is 0.159. The van der Waals surface area contributed by atoms with Gasteiger partial charge in [0.15, 0.2) is 0 Å². The van der Waals surface area contributed by atoms with Crippen molar-refractivity contribution in [3.8, 4) is 5.75 Å². The Morgan fingerprint density at radius 1 is 1.03 bits per heavy atom. The number of amides is 1. The molecule has 2 N–H and O–H groups in total. The number of hydrogen-bond donors (Lipinski definition) is 2. The van der Waals surface area contributed by atoms with Crippen LogP contribution >= 0.6 is 0 Å². The van der Waals surface area contributed by atoms with E-state index in [0.717, 1.165) is 11.3 Å². The number of para-hydroxylation sites is 1. The van der Waals surface area contributed by atoms with E-state index in [0.29, 0.717) is 55.9 Å². The molecule has 1 aliphatic rings. The first-order chi connectivity index (χ1) is 17.2. The first kappa shape index (κ1) is 25.2. The molecule has 1 amide bonds. The largest absolute Gasteiger partial charge is 0.573 e. The third-order valence-electron chi connectivity index (χ3n) is 5.70. The molecule has 2 aromatic carbocycles. The van der Waals surface area contributed by atoms with Gasteiger partial charge in [-0.25, -0.2) is 9.97 Å². The molecular formula is C24H26F3N7O2. The zero-order valence-corrected chi connectivity index (χ0v) is 19.8. The second kappa shape index (κ2) is 10.8. The lowest BCUT2D eigenvalue weighted by Crippen LogP contribution is -2.46. The van der Waals surface area contributed by atoms with Crippen LogP contribution in [0.1, 0.15) is 18.1 Å². The summed E-state index contributed by atoms with van der Waals surface area (Å²) < 4.78 is 42.3. The standard InChI is InChI=1S/C24H26F3N7O2/c1-16-19(30-17(2)35)7-5-8-20(16)31-22-28-15-29-23(32-22)34-12-10-33(11-13-34)14-18-6-3-4-9-21(18)36-24(25,26)27/h3-9,15H,10-14H2,1-2H3,(H,30,35)(H,28,29,31,32). The molecule has 12 heteroatoms. The van der Waals surface area contributed by atoms with E-state index in [2.05, 4.69) is 35.2 Å². The summed E-state index contributed by atoms with van der Waals surface area (Å²) in [4.78, 5) is 28.5. The molecule has 0 radical (unpaired) electrons. The van der Waals surface area contributed by atoms with E-state index in [1.165, 1.54) is 25.4 Å². The van der Waals surface area contributed by atoms with Crippen molar-refractivity contribution in [2.75, 3.05) is 41.7 Å². The Kier molecular flexibility index (Phi) is 7.53. The van der Waals surface area contributed by atoms with E-state index in [1.54, 1.807) is 12.1 Å². The van der Waals surface area contributed by atoms with Crippen LogP contribution in [-0.2, 0) is 11.3 Å². The Balaban J connectivity index is 1.38. The molecule has 0 spiro atoms. The Bertz CT molecular complexity index is 1210. The van der Waals surface area contributed by atoms with Crippen LogP contribution in [0.5, 0.6) is 5.75 Å². The molecule has 9 nitrogen and oxygen atoms in total. The normalized spacial score (nSPS) is 14.4. The number of ether oxygens (including phenoxy) is 1. The molecule has 2 heterocycles. The van der Waals surface area contributed by atoms with Gasteiger partial charge in [0.25, 0.3) is 0 Å². The van der Waals surface area contributed by atoms with Crippen LogP contribution in [0.2, 0.25) is 0 Å². The van der Waals surface area contributed by atoms with Crippen LogP contribution in [0.15, 0.2) is 48.8 Å². The molecule has 1 saturated heterocycles. The first-order valence-electron chi connectivity index (χ1n) is 11.3. The molecular weight excluding hydrogens is 475 g/mol. The fourth-order valence-corrected chi connectivity index (χ4v) is 3.92. The second-order valence-electron chi connectivity index (χ2n) is 8.31. The molecule has 0 atom stereocenters. The van der Waals surface area contributed by atoms with E-state index < -0.39 is 6.36 Å². The van der Waals surface area contributed by atoms with Gasteiger partial charge in [0.05, 0.1) is 0 Å². The third kappa shape index (κ3) is 6.60. The lowest BCUT2D eigenvalue weighted by molar-refractivity contribution is -0.275. The number of halogens is 3. The van der Waals surface area contributed by atoms with Crippen molar-refractivity contribution in [3.63, 3.8) is 0 Å². The topological polar surface area (TPSA) is 95.5 Å². The van der Waals surface area contributed by atoms with Crippen LogP contribution in [0.25, 0.3) is 0 Å². The number of piperazine rings is 1. The van der Waals surface area contributed by atoms with E-state index >= 15 is 0 Å². The van der Waals surface area contributed by atoms with Crippen molar-refractivity contribution in [1.29, 1.82) is 0 Å². The Morgan fingerprint density at radius 2 is 1.75 bits per heavy atom. The highest BCUT2D eigenvalue weighted by molar-refractivity contribution is 5.90. The number of carbonyl (C=O) groups excluding carboxylic acids is 1. The van der Waals surface area contributed by atoms with E-state index in [-0.39, 0.29) is 11.7 Å². The highest BCUT2D eigenvalue weighted by Crippen LogP contribution is 2.28. The Labute approximate surface area is 206 Å². The molecule has 1 fully saturated rings. The second-order valence-corrected chi connectivity index (χ2v) is 8.31. The van der Waals surface area contributed by atoms with Gasteiger partial charge in [-0.1, -0.05) is 24.3 Å². The van der Waals surface area contributed by atoms with Gasteiger partial charge >= 0.3 is 6.36 Å². The van der Waals surface area contributed by atoms with Crippen LogP contribution in [0, 0.1) is 6.92 Å². The lowest BCUT2D eigenvalue weighted by atomic mass is 10.1. The average Bonchev–Trinajstić information content (AvgIpc) is 2.82. The molecule has 0 unspecified atom stereocenters. The maximum absolute atomic E-state index is 12.7. The molecule has 0 aliphatic carbocycles. The number of aromatic nitrogens is 3. The van der Waals surface area contributed by atoms with Gasteiger partial charge in [-0.2, -0.15) is 4.98 Å². The van der Waals surface area contributed by atoms with Gasteiger partial charge in [0, 0.05) is 56.6 Å². The summed E-state index contributed by atoms with van der Waals surface area (Å²) in [5.74, 6) is 0.527. The molecule has 1 aromatic heterocycles. The van der Waals surface area contributed by atoms with Crippen LogP contribution in [0.4, 0.5) is 36.4 Å². The molecule has 190 valence electrons. The number of anilines is 4. The van der Waals surface area contributed by atoms with Gasteiger partial charge in [-0.3, -0.25) is 9.69 Å². The summed E-state index contributed by atoms with van der Waals surface area (Å²) in [6.07, 6.45) is -3.31. The number of carbonyl (C=O) groups is 1. The molecule has 0 bridgehead atoms. The Hall–Kier alpha value is -3.93. The fourth-order valence-electron chi connectivity index (χ4n) is 3.92.